The first-order chi connectivity index (χ1) is 10.2. The second-order valence-electron chi connectivity index (χ2n) is 5.61. The van der Waals surface area contributed by atoms with Crippen molar-refractivity contribution in [2.24, 2.45) is 0 Å². The third-order valence-electron chi connectivity index (χ3n) is 3.37. The lowest BCUT2D eigenvalue weighted by molar-refractivity contribution is 0.306. The minimum absolute atomic E-state index is 0.621. The fraction of sp³-hybridized carbons (Fsp3) is 0.368. The minimum Gasteiger partial charge on any atom is -0.489 e. The number of benzene rings is 2. The molecule has 2 aromatic carbocycles. The summed E-state index contributed by atoms with van der Waals surface area (Å²) >= 11 is 0. The molecule has 0 radical (unpaired) electrons. The van der Waals surface area contributed by atoms with E-state index < -0.39 is 0 Å². The van der Waals surface area contributed by atoms with Crippen LogP contribution in [0.5, 0.6) is 5.75 Å². The van der Waals surface area contributed by atoms with E-state index in [-0.39, 0.29) is 0 Å². The molecule has 0 heterocycles. The quantitative estimate of drug-likeness (QED) is 0.761. The second kappa shape index (κ2) is 7.84. The highest BCUT2D eigenvalue weighted by Gasteiger charge is 1.99. The van der Waals surface area contributed by atoms with Gasteiger partial charge in [0.05, 0.1) is 0 Å². The van der Waals surface area contributed by atoms with Crippen LogP contribution in [0.2, 0.25) is 0 Å². The van der Waals surface area contributed by atoms with E-state index in [1.165, 1.54) is 22.3 Å². The predicted molar refractivity (Wildman–Crippen MR) is 88.7 cm³/mol. The molecule has 2 aromatic rings. The van der Waals surface area contributed by atoms with E-state index in [1.54, 1.807) is 0 Å². The number of hydrogen-bond acceptors (Lipinski definition) is 2. The molecule has 1 N–H and O–H groups in total. The van der Waals surface area contributed by atoms with Crippen molar-refractivity contribution in [1.82, 2.24) is 5.32 Å². The molecule has 2 heteroatoms. The van der Waals surface area contributed by atoms with Crippen molar-refractivity contribution in [3.63, 3.8) is 0 Å². The maximum Gasteiger partial charge on any atom is 0.119 e. The first kappa shape index (κ1) is 15.6. The van der Waals surface area contributed by atoms with E-state index in [9.17, 15) is 0 Å². The van der Waals surface area contributed by atoms with Crippen LogP contribution in [-0.4, -0.2) is 6.54 Å². The Morgan fingerprint density at radius 3 is 2.19 bits per heavy atom. The van der Waals surface area contributed by atoms with E-state index in [1.807, 2.05) is 12.1 Å². The molecule has 0 fully saturated rings. The van der Waals surface area contributed by atoms with E-state index in [2.05, 4.69) is 56.4 Å². The summed E-state index contributed by atoms with van der Waals surface area (Å²) in [5, 5.41) is 3.40. The number of nitrogens with one attached hydrogen (secondary N) is 1. The molecule has 0 saturated carbocycles. The van der Waals surface area contributed by atoms with Crippen molar-refractivity contribution >= 4 is 0 Å². The Bertz CT molecular complexity index is 540. The lowest BCUT2D eigenvalue weighted by Gasteiger charge is -2.09. The van der Waals surface area contributed by atoms with Crippen molar-refractivity contribution in [1.29, 1.82) is 0 Å². The van der Waals surface area contributed by atoms with Crippen molar-refractivity contribution in [3.05, 3.63) is 64.7 Å². The minimum atomic E-state index is 0.621. The maximum absolute atomic E-state index is 5.86. The zero-order valence-corrected chi connectivity index (χ0v) is 13.3. The number of rotatable bonds is 7. The van der Waals surface area contributed by atoms with Gasteiger partial charge in [-0.1, -0.05) is 48.4 Å². The summed E-state index contributed by atoms with van der Waals surface area (Å²) in [5.74, 6) is 0.924. The van der Waals surface area contributed by atoms with Crippen LogP contribution in [0.15, 0.2) is 42.5 Å². The van der Waals surface area contributed by atoms with E-state index >= 15 is 0 Å². The highest BCUT2D eigenvalue weighted by atomic mass is 16.5. The normalized spacial score (nSPS) is 10.6. The summed E-state index contributed by atoms with van der Waals surface area (Å²) in [6.45, 7) is 9.02. The van der Waals surface area contributed by atoms with Crippen LogP contribution < -0.4 is 10.1 Å². The molecule has 21 heavy (non-hydrogen) atoms. The summed E-state index contributed by atoms with van der Waals surface area (Å²) in [7, 11) is 0. The molecule has 0 aliphatic heterocycles. The molecule has 2 nitrogen and oxygen atoms in total. The fourth-order valence-electron chi connectivity index (χ4n) is 2.43. The van der Waals surface area contributed by atoms with Crippen LogP contribution in [0.1, 0.15) is 35.6 Å². The number of aryl methyl sites for hydroxylation is 2. The van der Waals surface area contributed by atoms with Gasteiger partial charge in [0.15, 0.2) is 0 Å². The Morgan fingerprint density at radius 2 is 1.57 bits per heavy atom. The van der Waals surface area contributed by atoms with E-state index in [4.69, 9.17) is 4.74 Å². The standard InChI is InChI=1S/C19H25NO/c1-4-9-20-13-17-5-7-19(8-6-17)21-14-18-11-15(2)10-16(3)12-18/h5-8,10-12,20H,4,9,13-14H2,1-3H3. The fourth-order valence-corrected chi connectivity index (χ4v) is 2.43. The van der Waals surface area contributed by atoms with Crippen molar-refractivity contribution in [3.8, 4) is 5.75 Å². The molecule has 0 atom stereocenters. The van der Waals surface area contributed by atoms with Gasteiger partial charge in [0.1, 0.15) is 12.4 Å². The number of hydrogen-bond donors (Lipinski definition) is 1. The molecule has 0 aliphatic rings. The van der Waals surface area contributed by atoms with Crippen molar-refractivity contribution in [2.75, 3.05) is 6.54 Å². The smallest absolute Gasteiger partial charge is 0.119 e. The molecule has 0 aliphatic carbocycles. The van der Waals surface area contributed by atoms with Gasteiger partial charge in [0.2, 0.25) is 0 Å². The third kappa shape index (κ3) is 5.24. The Labute approximate surface area is 128 Å². The summed E-state index contributed by atoms with van der Waals surface area (Å²) in [4.78, 5) is 0. The van der Waals surface area contributed by atoms with Gasteiger partial charge in [-0.2, -0.15) is 0 Å². The Kier molecular flexibility index (Phi) is 5.82. The van der Waals surface area contributed by atoms with Gasteiger partial charge in [-0.15, -0.1) is 0 Å². The van der Waals surface area contributed by atoms with Crippen LogP contribution in [-0.2, 0) is 13.2 Å². The average Bonchev–Trinajstić information content (AvgIpc) is 2.46. The maximum atomic E-state index is 5.86. The van der Waals surface area contributed by atoms with Crippen LogP contribution in [0.4, 0.5) is 0 Å². The van der Waals surface area contributed by atoms with Gasteiger partial charge in [0, 0.05) is 6.54 Å². The Balaban J connectivity index is 1.88. The van der Waals surface area contributed by atoms with Crippen molar-refractivity contribution < 1.29 is 4.74 Å². The van der Waals surface area contributed by atoms with Gasteiger partial charge in [0.25, 0.3) is 0 Å². The molecule has 0 unspecified atom stereocenters. The molecule has 0 spiro atoms. The lowest BCUT2D eigenvalue weighted by Crippen LogP contribution is -2.13. The highest BCUT2D eigenvalue weighted by Crippen LogP contribution is 2.16. The van der Waals surface area contributed by atoms with Crippen LogP contribution >= 0.6 is 0 Å². The van der Waals surface area contributed by atoms with E-state index in [0.717, 1.165) is 25.3 Å². The predicted octanol–water partition coefficient (Wildman–Crippen LogP) is 4.38. The molecular weight excluding hydrogens is 258 g/mol. The van der Waals surface area contributed by atoms with Crippen molar-refractivity contribution in [2.45, 2.75) is 40.3 Å². The molecular formula is C19H25NO. The monoisotopic (exact) mass is 283 g/mol. The third-order valence-corrected chi connectivity index (χ3v) is 3.37. The zero-order chi connectivity index (χ0) is 15.1. The summed E-state index contributed by atoms with van der Waals surface area (Å²) < 4.78 is 5.86. The Morgan fingerprint density at radius 1 is 0.905 bits per heavy atom. The van der Waals surface area contributed by atoms with Crippen LogP contribution in [0, 0.1) is 13.8 Å². The second-order valence-corrected chi connectivity index (χ2v) is 5.61. The molecule has 2 rings (SSSR count). The molecule has 0 bridgehead atoms. The van der Waals surface area contributed by atoms with Crippen LogP contribution in [0.25, 0.3) is 0 Å². The SMILES string of the molecule is CCCNCc1ccc(OCc2cc(C)cc(C)c2)cc1. The number of ether oxygens (including phenoxy) is 1. The van der Waals surface area contributed by atoms with Gasteiger partial charge >= 0.3 is 0 Å². The highest BCUT2D eigenvalue weighted by molar-refractivity contribution is 5.30. The molecule has 0 aromatic heterocycles. The Hall–Kier alpha value is -1.80. The summed E-state index contributed by atoms with van der Waals surface area (Å²) in [5.41, 5.74) is 5.08. The van der Waals surface area contributed by atoms with E-state index in [0.29, 0.717) is 6.61 Å². The zero-order valence-electron chi connectivity index (χ0n) is 13.3. The first-order valence-electron chi connectivity index (χ1n) is 7.67. The summed E-state index contributed by atoms with van der Waals surface area (Å²) in [6, 6.07) is 14.9. The molecule has 0 amide bonds. The van der Waals surface area contributed by atoms with Gasteiger partial charge in [-0.3, -0.25) is 0 Å². The molecule has 112 valence electrons. The van der Waals surface area contributed by atoms with Gasteiger partial charge in [-0.25, -0.2) is 0 Å². The van der Waals surface area contributed by atoms with Crippen LogP contribution in [0.3, 0.4) is 0 Å². The summed E-state index contributed by atoms with van der Waals surface area (Å²) in [6.07, 6.45) is 1.16. The lowest BCUT2D eigenvalue weighted by atomic mass is 10.1. The van der Waals surface area contributed by atoms with Gasteiger partial charge in [-0.05, 0) is 50.1 Å². The van der Waals surface area contributed by atoms with Gasteiger partial charge < -0.3 is 10.1 Å². The largest absolute Gasteiger partial charge is 0.489 e. The topological polar surface area (TPSA) is 21.3 Å². The molecule has 0 saturated heterocycles. The average molecular weight is 283 g/mol. The first-order valence-corrected chi connectivity index (χ1v) is 7.67.